The Balaban J connectivity index is 1.80. The van der Waals surface area contributed by atoms with Crippen LogP contribution in [0.2, 0.25) is 0 Å². The standard InChI is InChI=1S/C22H29N3O3S/c1-5-27-17-9-7-6-8-16(17)20-19-14(2)24-25(21(19)23-18(26)13-29-20)15-10-11-28-22(3,4)12-15/h6-9,15,20H,5,10-13H2,1-4H3,(H,23,26)/t15-,20+/m1/s1. The smallest absolute Gasteiger partial charge is 0.235 e. The summed E-state index contributed by atoms with van der Waals surface area (Å²) in [7, 11) is 0. The fourth-order valence-electron chi connectivity index (χ4n) is 4.31. The summed E-state index contributed by atoms with van der Waals surface area (Å²) in [6.07, 6.45) is 1.75. The first-order valence-corrected chi connectivity index (χ1v) is 11.3. The highest BCUT2D eigenvalue weighted by Gasteiger charge is 2.36. The van der Waals surface area contributed by atoms with E-state index in [1.807, 2.05) is 36.7 Å². The quantitative estimate of drug-likeness (QED) is 0.797. The molecular weight excluding hydrogens is 386 g/mol. The number of para-hydroxylation sites is 1. The summed E-state index contributed by atoms with van der Waals surface area (Å²) in [6.45, 7) is 9.56. The SMILES string of the molecule is CCOc1ccccc1[C@@H]1SCC(=O)Nc2c1c(C)nn2[C@@H]1CCOC(C)(C)C1. The van der Waals surface area contributed by atoms with Gasteiger partial charge in [0.2, 0.25) is 5.91 Å². The topological polar surface area (TPSA) is 65.4 Å². The molecule has 1 aromatic heterocycles. The number of aromatic nitrogens is 2. The number of nitrogens with zero attached hydrogens (tertiary/aromatic N) is 2. The van der Waals surface area contributed by atoms with Gasteiger partial charge in [-0.1, -0.05) is 18.2 Å². The van der Waals surface area contributed by atoms with E-state index in [0.29, 0.717) is 19.0 Å². The summed E-state index contributed by atoms with van der Waals surface area (Å²) in [5, 5.41) is 8.04. The monoisotopic (exact) mass is 415 g/mol. The molecule has 7 heteroatoms. The van der Waals surface area contributed by atoms with Crippen LogP contribution in [0.15, 0.2) is 24.3 Å². The van der Waals surface area contributed by atoms with E-state index in [4.69, 9.17) is 14.6 Å². The predicted octanol–water partition coefficient (Wildman–Crippen LogP) is 4.50. The molecule has 2 aliphatic rings. The second-order valence-electron chi connectivity index (χ2n) is 8.26. The van der Waals surface area contributed by atoms with Crippen LogP contribution in [0.3, 0.4) is 0 Å². The zero-order valence-corrected chi connectivity index (χ0v) is 18.3. The Bertz CT molecular complexity index is 909. The molecule has 29 heavy (non-hydrogen) atoms. The van der Waals surface area contributed by atoms with Gasteiger partial charge in [-0.05, 0) is 46.6 Å². The van der Waals surface area contributed by atoms with E-state index in [9.17, 15) is 4.79 Å². The second-order valence-corrected chi connectivity index (χ2v) is 9.35. The largest absolute Gasteiger partial charge is 0.494 e. The predicted molar refractivity (Wildman–Crippen MR) is 116 cm³/mol. The second kappa shape index (κ2) is 8.03. The Kier molecular flexibility index (Phi) is 5.62. The van der Waals surface area contributed by atoms with E-state index in [0.717, 1.165) is 41.2 Å². The molecule has 1 N–H and O–H groups in total. The molecule has 2 aliphatic heterocycles. The van der Waals surface area contributed by atoms with Crippen molar-refractivity contribution in [2.75, 3.05) is 24.3 Å². The number of benzene rings is 1. The van der Waals surface area contributed by atoms with Gasteiger partial charge in [0.15, 0.2) is 0 Å². The number of anilines is 1. The molecule has 6 nitrogen and oxygen atoms in total. The molecule has 1 fully saturated rings. The van der Waals surface area contributed by atoms with Crippen molar-refractivity contribution in [2.24, 2.45) is 0 Å². The Morgan fingerprint density at radius 1 is 1.38 bits per heavy atom. The van der Waals surface area contributed by atoms with Crippen LogP contribution in [0.25, 0.3) is 0 Å². The molecule has 0 saturated carbocycles. The summed E-state index contributed by atoms with van der Waals surface area (Å²) in [5.74, 6) is 2.11. The van der Waals surface area contributed by atoms with Crippen LogP contribution in [0.4, 0.5) is 5.82 Å². The summed E-state index contributed by atoms with van der Waals surface area (Å²) in [6, 6.07) is 8.31. The fraction of sp³-hybridized carbons (Fsp3) is 0.545. The number of fused-ring (bicyclic) bond motifs is 1. The van der Waals surface area contributed by atoms with Gasteiger partial charge in [0.05, 0.1) is 34.9 Å². The Morgan fingerprint density at radius 2 is 2.17 bits per heavy atom. The molecule has 0 aliphatic carbocycles. The highest BCUT2D eigenvalue weighted by atomic mass is 32.2. The Hall–Kier alpha value is -1.99. The van der Waals surface area contributed by atoms with Gasteiger partial charge in [-0.2, -0.15) is 5.10 Å². The average Bonchev–Trinajstić information content (AvgIpc) is 2.88. The molecule has 1 aromatic carbocycles. The molecule has 1 amide bonds. The normalized spacial score (nSPS) is 23.8. The van der Waals surface area contributed by atoms with Crippen LogP contribution in [-0.4, -0.2) is 40.3 Å². The van der Waals surface area contributed by atoms with Crippen molar-refractivity contribution in [1.29, 1.82) is 0 Å². The lowest BCUT2D eigenvalue weighted by Gasteiger charge is -2.36. The van der Waals surface area contributed by atoms with Gasteiger partial charge in [0.25, 0.3) is 0 Å². The fourth-order valence-corrected chi connectivity index (χ4v) is 5.52. The molecule has 0 radical (unpaired) electrons. The molecule has 0 unspecified atom stereocenters. The van der Waals surface area contributed by atoms with E-state index < -0.39 is 0 Å². The number of ether oxygens (including phenoxy) is 2. The van der Waals surface area contributed by atoms with Gasteiger partial charge in [-0.3, -0.25) is 4.79 Å². The lowest BCUT2D eigenvalue weighted by molar-refractivity contribution is -0.113. The zero-order chi connectivity index (χ0) is 20.6. The third kappa shape index (κ3) is 4.03. The van der Waals surface area contributed by atoms with E-state index in [2.05, 4.69) is 25.2 Å². The molecule has 4 rings (SSSR count). The number of thioether (sulfide) groups is 1. The van der Waals surface area contributed by atoms with Crippen LogP contribution in [0.5, 0.6) is 5.75 Å². The number of rotatable bonds is 4. The van der Waals surface area contributed by atoms with Crippen molar-refractivity contribution in [3.63, 3.8) is 0 Å². The number of hydrogen-bond donors (Lipinski definition) is 1. The van der Waals surface area contributed by atoms with Crippen molar-refractivity contribution in [1.82, 2.24) is 9.78 Å². The van der Waals surface area contributed by atoms with Crippen LogP contribution in [-0.2, 0) is 9.53 Å². The Morgan fingerprint density at radius 3 is 2.93 bits per heavy atom. The number of aryl methyl sites for hydroxylation is 1. The zero-order valence-electron chi connectivity index (χ0n) is 17.5. The van der Waals surface area contributed by atoms with Gasteiger partial charge < -0.3 is 14.8 Å². The summed E-state index contributed by atoms with van der Waals surface area (Å²) in [5.41, 5.74) is 2.93. The van der Waals surface area contributed by atoms with Gasteiger partial charge in [0.1, 0.15) is 11.6 Å². The van der Waals surface area contributed by atoms with Crippen molar-refractivity contribution in [2.45, 2.75) is 57.4 Å². The van der Waals surface area contributed by atoms with E-state index >= 15 is 0 Å². The van der Waals surface area contributed by atoms with Crippen molar-refractivity contribution >= 4 is 23.5 Å². The molecule has 1 saturated heterocycles. The van der Waals surface area contributed by atoms with Crippen LogP contribution in [0, 0.1) is 6.92 Å². The maximum absolute atomic E-state index is 12.6. The van der Waals surface area contributed by atoms with Gasteiger partial charge in [0, 0.05) is 17.7 Å². The third-order valence-corrected chi connectivity index (χ3v) is 6.80. The molecular formula is C22H29N3O3S. The van der Waals surface area contributed by atoms with E-state index in [1.165, 1.54) is 0 Å². The maximum Gasteiger partial charge on any atom is 0.235 e. The highest BCUT2D eigenvalue weighted by molar-refractivity contribution is 8.00. The van der Waals surface area contributed by atoms with Crippen molar-refractivity contribution in [3.8, 4) is 5.75 Å². The van der Waals surface area contributed by atoms with Crippen LogP contribution >= 0.6 is 11.8 Å². The van der Waals surface area contributed by atoms with E-state index in [1.54, 1.807) is 11.8 Å². The molecule has 156 valence electrons. The minimum absolute atomic E-state index is 0.00620. The van der Waals surface area contributed by atoms with Crippen molar-refractivity contribution in [3.05, 3.63) is 41.1 Å². The summed E-state index contributed by atoms with van der Waals surface area (Å²) in [4.78, 5) is 12.6. The minimum atomic E-state index is -0.194. The maximum atomic E-state index is 12.6. The Labute approximate surface area is 176 Å². The minimum Gasteiger partial charge on any atom is -0.494 e. The number of carbonyl (C=O) groups excluding carboxylic acids is 1. The number of amides is 1. The van der Waals surface area contributed by atoms with Gasteiger partial charge in [-0.15, -0.1) is 11.8 Å². The van der Waals surface area contributed by atoms with Crippen molar-refractivity contribution < 1.29 is 14.3 Å². The lowest BCUT2D eigenvalue weighted by atomic mass is 9.94. The first kappa shape index (κ1) is 20.3. The molecule has 0 bridgehead atoms. The van der Waals surface area contributed by atoms with E-state index in [-0.39, 0.29) is 22.8 Å². The first-order valence-electron chi connectivity index (χ1n) is 10.3. The first-order chi connectivity index (χ1) is 13.9. The molecule has 0 spiro atoms. The molecule has 2 atom stereocenters. The molecule has 2 aromatic rings. The number of carbonyl (C=O) groups is 1. The van der Waals surface area contributed by atoms with Gasteiger partial charge >= 0.3 is 0 Å². The third-order valence-electron chi connectivity index (χ3n) is 5.55. The summed E-state index contributed by atoms with van der Waals surface area (Å²) >= 11 is 1.63. The molecule has 3 heterocycles. The average molecular weight is 416 g/mol. The van der Waals surface area contributed by atoms with Crippen LogP contribution < -0.4 is 10.1 Å². The van der Waals surface area contributed by atoms with Crippen LogP contribution in [0.1, 0.15) is 61.7 Å². The van der Waals surface area contributed by atoms with Gasteiger partial charge in [-0.25, -0.2) is 4.68 Å². The highest BCUT2D eigenvalue weighted by Crippen LogP contribution is 2.47. The lowest BCUT2D eigenvalue weighted by Crippen LogP contribution is -2.36. The number of hydrogen-bond acceptors (Lipinski definition) is 5. The number of nitrogens with one attached hydrogen (secondary N) is 1. The summed E-state index contributed by atoms with van der Waals surface area (Å²) < 4.78 is 13.8.